The first kappa shape index (κ1) is 10.2. The SMILES string of the molecule is CCC(C)CCS(N)(O)O. The topological polar surface area (TPSA) is 66.5 Å². The van der Waals surface area contributed by atoms with Crippen LogP contribution in [0.15, 0.2) is 0 Å². The second-order valence-corrected chi connectivity index (χ2v) is 4.57. The minimum atomic E-state index is -2.73. The summed E-state index contributed by atoms with van der Waals surface area (Å²) in [4.78, 5) is 0. The molecule has 1 unspecified atom stereocenters. The fourth-order valence-corrected chi connectivity index (χ4v) is 1.33. The third-order valence-electron chi connectivity index (χ3n) is 1.61. The van der Waals surface area contributed by atoms with Crippen LogP contribution in [0.3, 0.4) is 0 Å². The highest BCUT2D eigenvalue weighted by molar-refractivity contribution is 8.22. The van der Waals surface area contributed by atoms with E-state index in [2.05, 4.69) is 13.8 Å². The molecule has 0 spiro atoms. The first-order valence-corrected chi connectivity index (χ1v) is 5.27. The summed E-state index contributed by atoms with van der Waals surface area (Å²) in [6.07, 6.45) is 1.87. The van der Waals surface area contributed by atoms with Crippen molar-refractivity contribution in [1.29, 1.82) is 0 Å². The second kappa shape index (κ2) is 4.18. The molecule has 0 aliphatic rings. The number of hydrogen-bond donors (Lipinski definition) is 3. The van der Waals surface area contributed by atoms with E-state index in [9.17, 15) is 0 Å². The van der Waals surface area contributed by atoms with Gasteiger partial charge in [-0.2, -0.15) is 0 Å². The third-order valence-corrected chi connectivity index (χ3v) is 2.44. The van der Waals surface area contributed by atoms with E-state index in [0.29, 0.717) is 11.7 Å². The van der Waals surface area contributed by atoms with Gasteiger partial charge in [0.05, 0.1) is 5.75 Å². The normalized spacial score (nSPS) is 16.9. The molecule has 4 heteroatoms. The smallest absolute Gasteiger partial charge is 0.0528 e. The van der Waals surface area contributed by atoms with Crippen molar-refractivity contribution in [3.8, 4) is 0 Å². The van der Waals surface area contributed by atoms with E-state index in [0.717, 1.165) is 12.8 Å². The molecule has 0 saturated carbocycles. The van der Waals surface area contributed by atoms with Crippen LogP contribution < -0.4 is 5.14 Å². The number of hydrogen-bond acceptors (Lipinski definition) is 3. The Labute approximate surface area is 64.1 Å². The van der Waals surface area contributed by atoms with Crippen molar-refractivity contribution in [3.63, 3.8) is 0 Å². The Kier molecular flexibility index (Phi) is 4.28. The van der Waals surface area contributed by atoms with Crippen molar-refractivity contribution in [2.75, 3.05) is 5.75 Å². The van der Waals surface area contributed by atoms with Gasteiger partial charge in [-0.15, -0.1) is 10.8 Å². The Hall–Kier alpha value is 0.230. The fraction of sp³-hybridized carbons (Fsp3) is 1.00. The lowest BCUT2D eigenvalue weighted by atomic mass is 10.1. The van der Waals surface area contributed by atoms with E-state index < -0.39 is 10.8 Å². The lowest BCUT2D eigenvalue weighted by Crippen LogP contribution is -2.14. The van der Waals surface area contributed by atoms with E-state index in [1.165, 1.54) is 0 Å². The zero-order valence-electron chi connectivity index (χ0n) is 6.58. The van der Waals surface area contributed by atoms with Crippen LogP contribution in [-0.4, -0.2) is 14.9 Å². The lowest BCUT2D eigenvalue weighted by Gasteiger charge is -2.27. The summed E-state index contributed by atoms with van der Waals surface area (Å²) in [6.45, 7) is 4.15. The Balaban J connectivity index is 3.36. The second-order valence-electron chi connectivity index (χ2n) is 2.72. The summed E-state index contributed by atoms with van der Waals surface area (Å²) < 4.78 is 17.6. The molecule has 0 amide bonds. The minimum absolute atomic E-state index is 0.335. The summed E-state index contributed by atoms with van der Waals surface area (Å²) in [6, 6.07) is 0. The predicted molar refractivity (Wildman–Crippen MR) is 46.0 cm³/mol. The lowest BCUT2D eigenvalue weighted by molar-refractivity contribution is 0.470. The summed E-state index contributed by atoms with van der Waals surface area (Å²) in [5, 5.41) is 5.03. The van der Waals surface area contributed by atoms with Crippen LogP contribution in [0.2, 0.25) is 0 Å². The van der Waals surface area contributed by atoms with E-state index in [1.54, 1.807) is 0 Å². The van der Waals surface area contributed by atoms with Crippen molar-refractivity contribution in [1.82, 2.24) is 0 Å². The van der Waals surface area contributed by atoms with E-state index in [1.807, 2.05) is 0 Å². The molecule has 0 aromatic heterocycles. The van der Waals surface area contributed by atoms with Gasteiger partial charge in [-0.25, -0.2) is 5.14 Å². The average molecular weight is 167 g/mol. The van der Waals surface area contributed by atoms with Gasteiger partial charge in [-0.3, -0.25) is 9.11 Å². The Morgan fingerprint density at radius 2 is 2.00 bits per heavy atom. The Bertz CT molecular complexity index is 92.2. The maximum Gasteiger partial charge on any atom is 0.0528 e. The average Bonchev–Trinajstić information content (AvgIpc) is 1.81. The van der Waals surface area contributed by atoms with Gasteiger partial charge in [0.25, 0.3) is 0 Å². The minimum Gasteiger partial charge on any atom is -0.286 e. The van der Waals surface area contributed by atoms with Crippen LogP contribution in [0.25, 0.3) is 0 Å². The molecule has 0 aliphatic carbocycles. The Morgan fingerprint density at radius 1 is 1.50 bits per heavy atom. The molecule has 3 nitrogen and oxygen atoms in total. The molecular weight excluding hydrogens is 150 g/mol. The van der Waals surface area contributed by atoms with Crippen LogP contribution in [-0.2, 0) is 0 Å². The molecule has 4 N–H and O–H groups in total. The standard InChI is InChI=1S/C6H17NO2S/c1-3-6(2)4-5-10(7,8)9/h6,8-9H,3-5,7H2,1-2H3. The van der Waals surface area contributed by atoms with Gasteiger partial charge < -0.3 is 0 Å². The van der Waals surface area contributed by atoms with Gasteiger partial charge in [-0.1, -0.05) is 20.3 Å². The summed E-state index contributed by atoms with van der Waals surface area (Å²) >= 11 is 0. The molecule has 0 radical (unpaired) electrons. The summed E-state index contributed by atoms with van der Waals surface area (Å²) in [5.74, 6) is 0.872. The van der Waals surface area contributed by atoms with Gasteiger partial charge >= 0.3 is 0 Å². The Morgan fingerprint density at radius 3 is 2.30 bits per heavy atom. The zero-order chi connectivity index (χ0) is 8.20. The van der Waals surface area contributed by atoms with Gasteiger partial charge in [0.2, 0.25) is 0 Å². The molecule has 0 bridgehead atoms. The summed E-state index contributed by atoms with van der Waals surface area (Å²) in [7, 11) is -2.73. The molecule has 0 aliphatic heterocycles. The molecule has 0 rings (SSSR count). The van der Waals surface area contributed by atoms with Gasteiger partial charge in [0.1, 0.15) is 0 Å². The van der Waals surface area contributed by atoms with Crippen LogP contribution in [0.5, 0.6) is 0 Å². The number of rotatable bonds is 4. The predicted octanol–water partition coefficient (Wildman–Crippen LogP) is 2.05. The highest BCUT2D eigenvalue weighted by Crippen LogP contribution is 2.30. The monoisotopic (exact) mass is 167 g/mol. The van der Waals surface area contributed by atoms with Gasteiger partial charge in [0.15, 0.2) is 0 Å². The highest BCUT2D eigenvalue weighted by atomic mass is 32.3. The summed E-state index contributed by atoms with van der Waals surface area (Å²) in [5.41, 5.74) is 0. The third kappa shape index (κ3) is 6.35. The molecule has 10 heavy (non-hydrogen) atoms. The first-order valence-electron chi connectivity index (χ1n) is 3.49. The molecule has 64 valence electrons. The largest absolute Gasteiger partial charge is 0.286 e. The first-order chi connectivity index (χ1) is 4.45. The van der Waals surface area contributed by atoms with Crippen molar-refractivity contribution in [2.45, 2.75) is 26.7 Å². The molecular formula is C6H17NO2S. The molecule has 0 heterocycles. The molecule has 0 fully saturated rings. The maximum atomic E-state index is 8.78. The zero-order valence-corrected chi connectivity index (χ0v) is 7.40. The van der Waals surface area contributed by atoms with Crippen molar-refractivity contribution < 1.29 is 9.11 Å². The van der Waals surface area contributed by atoms with Crippen LogP contribution in [0, 0.1) is 5.92 Å². The maximum absolute atomic E-state index is 8.78. The van der Waals surface area contributed by atoms with Crippen molar-refractivity contribution in [2.24, 2.45) is 11.1 Å². The fourth-order valence-electron chi connectivity index (χ4n) is 0.579. The molecule has 1 atom stereocenters. The van der Waals surface area contributed by atoms with Crippen LogP contribution >= 0.6 is 10.8 Å². The van der Waals surface area contributed by atoms with Crippen LogP contribution in [0.1, 0.15) is 26.7 Å². The molecule has 0 saturated heterocycles. The van der Waals surface area contributed by atoms with Gasteiger partial charge in [-0.05, 0) is 12.3 Å². The van der Waals surface area contributed by atoms with Crippen molar-refractivity contribution in [3.05, 3.63) is 0 Å². The quantitative estimate of drug-likeness (QED) is 0.600. The number of nitrogens with two attached hydrogens (primary N) is 1. The van der Waals surface area contributed by atoms with E-state index in [4.69, 9.17) is 14.2 Å². The van der Waals surface area contributed by atoms with Gasteiger partial charge in [0, 0.05) is 0 Å². The van der Waals surface area contributed by atoms with Crippen molar-refractivity contribution >= 4 is 10.8 Å². The van der Waals surface area contributed by atoms with Crippen LogP contribution in [0.4, 0.5) is 0 Å². The van der Waals surface area contributed by atoms with E-state index in [-0.39, 0.29) is 0 Å². The highest BCUT2D eigenvalue weighted by Gasteiger charge is 2.06. The van der Waals surface area contributed by atoms with E-state index >= 15 is 0 Å². The molecule has 0 aromatic carbocycles. The molecule has 0 aromatic rings.